The van der Waals surface area contributed by atoms with Crippen LogP contribution in [0, 0.1) is 0 Å². The minimum atomic E-state index is -0.528. The van der Waals surface area contributed by atoms with Crippen LogP contribution in [-0.2, 0) is 23.1 Å². The van der Waals surface area contributed by atoms with Crippen LogP contribution in [0.1, 0.15) is 13.8 Å². The number of ether oxygens (including phenoxy) is 1. The lowest BCUT2D eigenvalue weighted by atomic mass is 10.4. The SMILES string of the molecule is C/C=C\Cn1c(SCC(=O)OCC)nc2c1c(=O)[nH]c(=O)n2C. The summed E-state index contributed by atoms with van der Waals surface area (Å²) in [4.78, 5) is 42.0. The van der Waals surface area contributed by atoms with Gasteiger partial charge in [-0.05, 0) is 13.8 Å². The first-order valence-electron chi connectivity index (χ1n) is 7.08. The highest BCUT2D eigenvalue weighted by molar-refractivity contribution is 7.99. The fourth-order valence-electron chi connectivity index (χ4n) is 2.03. The lowest BCUT2D eigenvalue weighted by Crippen LogP contribution is -2.29. The molecule has 0 saturated carbocycles. The van der Waals surface area contributed by atoms with Gasteiger partial charge in [-0.25, -0.2) is 9.78 Å². The van der Waals surface area contributed by atoms with Gasteiger partial charge in [-0.2, -0.15) is 0 Å². The third-order valence-electron chi connectivity index (χ3n) is 3.12. The maximum absolute atomic E-state index is 12.1. The van der Waals surface area contributed by atoms with Gasteiger partial charge in [-0.1, -0.05) is 23.9 Å². The number of thioether (sulfide) groups is 1. The molecule has 8 nitrogen and oxygen atoms in total. The van der Waals surface area contributed by atoms with E-state index in [1.54, 1.807) is 11.5 Å². The van der Waals surface area contributed by atoms with Crippen LogP contribution < -0.4 is 11.2 Å². The van der Waals surface area contributed by atoms with E-state index in [2.05, 4.69) is 9.97 Å². The molecule has 0 bridgehead atoms. The summed E-state index contributed by atoms with van der Waals surface area (Å²) in [6.45, 7) is 4.33. The van der Waals surface area contributed by atoms with Crippen molar-refractivity contribution >= 4 is 28.9 Å². The van der Waals surface area contributed by atoms with E-state index in [1.165, 1.54) is 23.4 Å². The van der Waals surface area contributed by atoms with Gasteiger partial charge < -0.3 is 9.30 Å². The first-order chi connectivity index (χ1) is 11.0. The minimum absolute atomic E-state index is 0.0822. The molecule has 0 aliphatic heterocycles. The highest BCUT2D eigenvalue weighted by Crippen LogP contribution is 2.21. The van der Waals surface area contributed by atoms with Crippen LogP contribution in [0.2, 0.25) is 0 Å². The number of nitrogens with one attached hydrogen (secondary N) is 1. The van der Waals surface area contributed by atoms with Gasteiger partial charge in [0.25, 0.3) is 5.56 Å². The number of imidazole rings is 1. The third kappa shape index (κ3) is 3.55. The topological polar surface area (TPSA) is 99.0 Å². The molecule has 0 radical (unpaired) electrons. The van der Waals surface area contributed by atoms with Crippen molar-refractivity contribution in [1.82, 2.24) is 19.1 Å². The number of allylic oxidation sites excluding steroid dienone is 2. The number of nitrogens with zero attached hydrogens (tertiary/aromatic N) is 3. The predicted octanol–water partition coefficient (Wildman–Crippen LogP) is 0.655. The van der Waals surface area contributed by atoms with Gasteiger partial charge in [0.1, 0.15) is 0 Å². The number of esters is 1. The number of fused-ring (bicyclic) bond motifs is 1. The Hall–Kier alpha value is -2.29. The number of H-pyrrole nitrogens is 1. The molecule has 0 aromatic carbocycles. The zero-order valence-electron chi connectivity index (χ0n) is 13.2. The Bertz CT molecular complexity index is 862. The number of carbonyl (C=O) groups is 1. The molecule has 9 heteroatoms. The van der Waals surface area contributed by atoms with Gasteiger partial charge in [0.15, 0.2) is 16.3 Å². The zero-order chi connectivity index (χ0) is 17.0. The van der Waals surface area contributed by atoms with E-state index in [1.807, 2.05) is 19.1 Å². The van der Waals surface area contributed by atoms with Crippen LogP contribution in [0.4, 0.5) is 0 Å². The maximum atomic E-state index is 12.1. The Kier molecular flexibility index (Phi) is 5.43. The van der Waals surface area contributed by atoms with E-state index >= 15 is 0 Å². The average Bonchev–Trinajstić information content (AvgIpc) is 2.88. The number of aromatic amines is 1. The summed E-state index contributed by atoms with van der Waals surface area (Å²) in [7, 11) is 1.54. The Labute approximate surface area is 136 Å². The molecule has 124 valence electrons. The van der Waals surface area contributed by atoms with E-state index in [-0.39, 0.29) is 17.4 Å². The molecule has 0 atom stereocenters. The van der Waals surface area contributed by atoms with Crippen molar-refractivity contribution in [3.8, 4) is 0 Å². The second kappa shape index (κ2) is 7.32. The predicted molar refractivity (Wildman–Crippen MR) is 87.8 cm³/mol. The zero-order valence-corrected chi connectivity index (χ0v) is 14.0. The summed E-state index contributed by atoms with van der Waals surface area (Å²) in [5.41, 5.74) is -0.436. The lowest BCUT2D eigenvalue weighted by molar-refractivity contribution is -0.139. The van der Waals surface area contributed by atoms with E-state index < -0.39 is 11.2 Å². The number of hydrogen-bond acceptors (Lipinski definition) is 6. The molecular weight excluding hydrogens is 320 g/mol. The number of aryl methyl sites for hydroxylation is 1. The maximum Gasteiger partial charge on any atom is 0.329 e. The fourth-order valence-corrected chi connectivity index (χ4v) is 2.83. The molecule has 0 aliphatic rings. The van der Waals surface area contributed by atoms with Crippen LogP contribution >= 0.6 is 11.8 Å². The minimum Gasteiger partial charge on any atom is -0.465 e. The second-order valence-corrected chi connectivity index (χ2v) is 5.60. The summed E-state index contributed by atoms with van der Waals surface area (Å²) in [6, 6.07) is 0. The molecular formula is C14H18N4O4S. The Morgan fingerprint density at radius 1 is 1.43 bits per heavy atom. The first-order valence-corrected chi connectivity index (χ1v) is 8.07. The highest BCUT2D eigenvalue weighted by Gasteiger charge is 2.18. The van der Waals surface area contributed by atoms with Crippen LogP contribution in [0.3, 0.4) is 0 Å². The highest BCUT2D eigenvalue weighted by atomic mass is 32.2. The van der Waals surface area contributed by atoms with Crippen LogP contribution in [-0.4, -0.2) is 37.4 Å². The summed E-state index contributed by atoms with van der Waals surface area (Å²) in [5.74, 6) is -0.274. The smallest absolute Gasteiger partial charge is 0.329 e. The normalized spacial score (nSPS) is 11.4. The number of rotatable bonds is 6. The average molecular weight is 338 g/mol. The van der Waals surface area contributed by atoms with E-state index in [4.69, 9.17) is 4.74 Å². The van der Waals surface area contributed by atoms with Gasteiger partial charge in [0.05, 0.1) is 12.4 Å². The standard InChI is InChI=1S/C14H18N4O4S/c1-4-6-7-18-10-11(17(3)13(21)16-12(10)20)15-14(18)23-8-9(19)22-5-2/h4,6H,5,7-8H2,1-3H3,(H,16,20,21)/b6-4-. The molecule has 2 heterocycles. The van der Waals surface area contributed by atoms with Gasteiger partial charge in [0.2, 0.25) is 0 Å². The van der Waals surface area contributed by atoms with Gasteiger partial charge in [-0.3, -0.25) is 19.1 Å². The van der Waals surface area contributed by atoms with Gasteiger partial charge >= 0.3 is 11.7 Å². The number of aromatic nitrogens is 4. The monoisotopic (exact) mass is 338 g/mol. The van der Waals surface area contributed by atoms with Crippen LogP contribution in [0.5, 0.6) is 0 Å². The molecule has 2 aromatic rings. The Morgan fingerprint density at radius 3 is 2.83 bits per heavy atom. The van der Waals surface area contributed by atoms with Crippen molar-refractivity contribution in [1.29, 1.82) is 0 Å². The third-order valence-corrected chi connectivity index (χ3v) is 4.07. The molecule has 0 amide bonds. The summed E-state index contributed by atoms with van der Waals surface area (Å²) in [5, 5.41) is 0.484. The quantitative estimate of drug-likeness (QED) is 0.472. The van der Waals surface area contributed by atoms with E-state index in [9.17, 15) is 14.4 Å². The number of hydrogen-bond donors (Lipinski definition) is 1. The Morgan fingerprint density at radius 2 is 2.17 bits per heavy atom. The lowest BCUT2D eigenvalue weighted by Gasteiger charge is -2.05. The molecule has 0 spiro atoms. The van der Waals surface area contributed by atoms with E-state index in [0.29, 0.717) is 23.8 Å². The van der Waals surface area contributed by atoms with Crippen molar-refractivity contribution in [2.45, 2.75) is 25.5 Å². The molecule has 1 N–H and O–H groups in total. The summed E-state index contributed by atoms with van der Waals surface area (Å²) in [6.07, 6.45) is 3.71. The van der Waals surface area contributed by atoms with Crippen molar-refractivity contribution in [3.63, 3.8) is 0 Å². The molecule has 0 saturated heterocycles. The molecule has 0 aliphatic carbocycles. The van der Waals surface area contributed by atoms with Crippen molar-refractivity contribution in [3.05, 3.63) is 33.0 Å². The number of carbonyl (C=O) groups excluding carboxylic acids is 1. The first kappa shape index (κ1) is 17.1. The van der Waals surface area contributed by atoms with Crippen molar-refractivity contribution in [2.24, 2.45) is 7.05 Å². The van der Waals surface area contributed by atoms with Crippen LogP contribution in [0.25, 0.3) is 11.2 Å². The van der Waals surface area contributed by atoms with Gasteiger partial charge in [-0.15, -0.1) is 0 Å². The van der Waals surface area contributed by atoms with Crippen molar-refractivity contribution in [2.75, 3.05) is 12.4 Å². The van der Waals surface area contributed by atoms with Crippen molar-refractivity contribution < 1.29 is 9.53 Å². The molecule has 23 heavy (non-hydrogen) atoms. The summed E-state index contributed by atoms with van der Waals surface area (Å²) < 4.78 is 7.84. The molecule has 0 fully saturated rings. The molecule has 0 unspecified atom stereocenters. The second-order valence-electron chi connectivity index (χ2n) is 4.66. The molecule has 2 aromatic heterocycles. The van der Waals surface area contributed by atoms with E-state index in [0.717, 1.165) is 0 Å². The Balaban J connectivity index is 2.52. The van der Waals surface area contributed by atoms with Crippen LogP contribution in [0.15, 0.2) is 26.9 Å². The molecule has 2 rings (SSSR count). The summed E-state index contributed by atoms with van der Waals surface area (Å²) >= 11 is 1.17. The largest absolute Gasteiger partial charge is 0.465 e. The van der Waals surface area contributed by atoms with Gasteiger partial charge in [0, 0.05) is 13.6 Å². The fraction of sp³-hybridized carbons (Fsp3) is 0.429.